The van der Waals surface area contributed by atoms with Crippen molar-refractivity contribution in [3.63, 3.8) is 0 Å². The molecule has 0 N–H and O–H groups in total. The van der Waals surface area contributed by atoms with E-state index in [2.05, 4.69) is 18.7 Å². The van der Waals surface area contributed by atoms with Crippen molar-refractivity contribution in [2.75, 3.05) is 20.4 Å². The van der Waals surface area contributed by atoms with E-state index in [0.717, 1.165) is 19.3 Å². The van der Waals surface area contributed by atoms with Gasteiger partial charge in [-0.15, -0.1) is 0 Å². The van der Waals surface area contributed by atoms with Crippen LogP contribution in [0.4, 0.5) is 0 Å². The molecule has 94 valence electrons. The summed E-state index contributed by atoms with van der Waals surface area (Å²) in [5, 5.41) is 0. The van der Waals surface area contributed by atoms with Gasteiger partial charge in [0, 0.05) is 25.1 Å². The van der Waals surface area contributed by atoms with Crippen LogP contribution in [-0.2, 0) is 9.47 Å². The van der Waals surface area contributed by atoms with Crippen molar-refractivity contribution in [1.82, 2.24) is 4.90 Å². The Kier molecular flexibility index (Phi) is 3.88. The highest BCUT2D eigenvalue weighted by Crippen LogP contribution is 2.33. The van der Waals surface area contributed by atoms with Gasteiger partial charge in [0.2, 0.25) is 0 Å². The zero-order valence-corrected chi connectivity index (χ0v) is 10.9. The highest BCUT2D eigenvalue weighted by atomic mass is 16.7. The Balaban J connectivity index is 1.93. The van der Waals surface area contributed by atoms with Crippen molar-refractivity contribution in [3.05, 3.63) is 0 Å². The summed E-state index contributed by atoms with van der Waals surface area (Å²) in [6, 6.07) is 0.742. The third-order valence-corrected chi connectivity index (χ3v) is 3.95. The third-order valence-electron chi connectivity index (χ3n) is 3.95. The van der Waals surface area contributed by atoms with Crippen molar-refractivity contribution in [3.8, 4) is 0 Å². The van der Waals surface area contributed by atoms with E-state index >= 15 is 0 Å². The van der Waals surface area contributed by atoms with Gasteiger partial charge in [-0.2, -0.15) is 0 Å². The zero-order chi connectivity index (χ0) is 11.6. The van der Waals surface area contributed by atoms with Crippen molar-refractivity contribution < 1.29 is 9.47 Å². The van der Waals surface area contributed by atoms with E-state index in [9.17, 15) is 0 Å². The molecule has 3 heteroatoms. The van der Waals surface area contributed by atoms with E-state index in [1.54, 1.807) is 7.11 Å². The van der Waals surface area contributed by atoms with Gasteiger partial charge in [-0.3, -0.25) is 4.90 Å². The lowest BCUT2D eigenvalue weighted by molar-refractivity contribution is -0.250. The first-order valence-electron chi connectivity index (χ1n) is 6.52. The highest BCUT2D eigenvalue weighted by Gasteiger charge is 2.39. The Hall–Kier alpha value is -0.120. The summed E-state index contributed by atoms with van der Waals surface area (Å²) in [7, 11) is 1.74. The monoisotopic (exact) mass is 227 g/mol. The molecule has 0 bridgehead atoms. The van der Waals surface area contributed by atoms with Crippen molar-refractivity contribution in [2.45, 2.75) is 58.3 Å². The van der Waals surface area contributed by atoms with Crippen LogP contribution in [0, 0.1) is 5.41 Å². The van der Waals surface area contributed by atoms with Crippen LogP contribution in [0.1, 0.15) is 46.0 Å². The minimum atomic E-state index is -0.0488. The molecule has 1 aliphatic heterocycles. The first kappa shape index (κ1) is 12.3. The SMILES string of the molecule is COC1OCN(C2CCCCC2)CC1(C)C. The number of hydrogen-bond donors (Lipinski definition) is 0. The minimum absolute atomic E-state index is 0.0488. The second-order valence-electron chi connectivity index (χ2n) is 5.89. The fourth-order valence-electron chi connectivity index (χ4n) is 3.10. The lowest BCUT2D eigenvalue weighted by Gasteiger charge is -2.46. The fourth-order valence-corrected chi connectivity index (χ4v) is 3.10. The standard InChI is InChI=1S/C13H25NO2/c1-13(2)9-14(10-16-12(13)15-3)11-7-5-4-6-8-11/h11-12H,4-10H2,1-3H3. The molecule has 1 unspecified atom stereocenters. The van der Waals surface area contributed by atoms with Crippen molar-refractivity contribution in [2.24, 2.45) is 5.41 Å². The summed E-state index contributed by atoms with van der Waals surface area (Å²) in [5.41, 5.74) is 0.102. The van der Waals surface area contributed by atoms with E-state index < -0.39 is 0 Å². The lowest BCUT2D eigenvalue weighted by atomic mass is 9.87. The van der Waals surface area contributed by atoms with Crippen LogP contribution in [0.15, 0.2) is 0 Å². The first-order chi connectivity index (χ1) is 7.63. The summed E-state index contributed by atoms with van der Waals surface area (Å²) >= 11 is 0. The molecule has 1 saturated carbocycles. The Morgan fingerprint density at radius 2 is 1.88 bits per heavy atom. The Morgan fingerprint density at radius 3 is 2.44 bits per heavy atom. The van der Waals surface area contributed by atoms with Crippen LogP contribution in [0.3, 0.4) is 0 Å². The smallest absolute Gasteiger partial charge is 0.165 e. The molecule has 16 heavy (non-hydrogen) atoms. The third kappa shape index (κ3) is 2.58. The van der Waals surface area contributed by atoms with Gasteiger partial charge in [0.05, 0.1) is 0 Å². The molecule has 2 aliphatic rings. The highest BCUT2D eigenvalue weighted by molar-refractivity contribution is 4.85. The normalized spacial score (nSPS) is 32.8. The van der Waals surface area contributed by atoms with E-state index in [-0.39, 0.29) is 11.7 Å². The Labute approximate surface area is 99.1 Å². The van der Waals surface area contributed by atoms with Crippen LogP contribution < -0.4 is 0 Å². The maximum atomic E-state index is 5.81. The van der Waals surface area contributed by atoms with Gasteiger partial charge in [0.25, 0.3) is 0 Å². The quantitative estimate of drug-likeness (QED) is 0.724. The van der Waals surface area contributed by atoms with Gasteiger partial charge in [0.15, 0.2) is 6.29 Å². The maximum Gasteiger partial charge on any atom is 0.165 e. The molecule has 1 aliphatic carbocycles. The van der Waals surface area contributed by atoms with E-state index in [1.165, 1.54) is 32.1 Å². The Bertz CT molecular complexity index is 224. The lowest BCUT2D eigenvalue weighted by Crippen LogP contribution is -2.54. The van der Waals surface area contributed by atoms with Gasteiger partial charge in [-0.05, 0) is 12.8 Å². The molecule has 0 aromatic rings. The second-order valence-corrected chi connectivity index (χ2v) is 5.89. The minimum Gasteiger partial charge on any atom is -0.355 e. The predicted molar refractivity (Wildman–Crippen MR) is 64.1 cm³/mol. The van der Waals surface area contributed by atoms with Crippen LogP contribution in [-0.4, -0.2) is 37.6 Å². The van der Waals surface area contributed by atoms with E-state index in [0.29, 0.717) is 0 Å². The van der Waals surface area contributed by atoms with Crippen LogP contribution in [0.25, 0.3) is 0 Å². The fraction of sp³-hybridized carbons (Fsp3) is 1.00. The van der Waals surface area contributed by atoms with Crippen LogP contribution in [0.2, 0.25) is 0 Å². The molecule has 2 fully saturated rings. The predicted octanol–water partition coefficient (Wildman–Crippen LogP) is 2.61. The second kappa shape index (κ2) is 5.03. The van der Waals surface area contributed by atoms with Gasteiger partial charge >= 0.3 is 0 Å². The largest absolute Gasteiger partial charge is 0.355 e. The van der Waals surface area contributed by atoms with Crippen molar-refractivity contribution in [1.29, 1.82) is 0 Å². The molecule has 2 rings (SSSR count). The molecule has 1 saturated heterocycles. The summed E-state index contributed by atoms with van der Waals surface area (Å²) in [6.45, 7) is 6.30. The number of ether oxygens (including phenoxy) is 2. The molecule has 0 spiro atoms. The average molecular weight is 227 g/mol. The molecule has 0 aromatic carbocycles. The topological polar surface area (TPSA) is 21.7 Å². The molecule has 1 heterocycles. The van der Waals surface area contributed by atoms with Crippen LogP contribution >= 0.6 is 0 Å². The summed E-state index contributed by atoms with van der Waals surface area (Å²) in [4.78, 5) is 2.51. The number of methoxy groups -OCH3 is 1. The van der Waals surface area contributed by atoms with E-state index in [1.807, 2.05) is 0 Å². The number of nitrogens with zero attached hydrogens (tertiary/aromatic N) is 1. The molecular weight excluding hydrogens is 202 g/mol. The number of hydrogen-bond acceptors (Lipinski definition) is 3. The van der Waals surface area contributed by atoms with Gasteiger partial charge in [0.1, 0.15) is 6.73 Å². The van der Waals surface area contributed by atoms with Gasteiger partial charge in [-0.1, -0.05) is 33.1 Å². The van der Waals surface area contributed by atoms with Crippen molar-refractivity contribution >= 4 is 0 Å². The molecule has 3 nitrogen and oxygen atoms in total. The van der Waals surface area contributed by atoms with E-state index in [4.69, 9.17) is 9.47 Å². The molecule has 0 amide bonds. The summed E-state index contributed by atoms with van der Waals surface area (Å²) in [6.07, 6.45) is 6.82. The van der Waals surface area contributed by atoms with Gasteiger partial charge in [-0.25, -0.2) is 0 Å². The zero-order valence-electron chi connectivity index (χ0n) is 10.9. The van der Waals surface area contributed by atoms with Gasteiger partial charge < -0.3 is 9.47 Å². The molecule has 1 atom stereocenters. The molecule has 0 aromatic heterocycles. The summed E-state index contributed by atoms with van der Waals surface area (Å²) < 4.78 is 11.2. The number of rotatable bonds is 2. The molecular formula is C13H25NO2. The maximum absolute atomic E-state index is 5.81. The summed E-state index contributed by atoms with van der Waals surface area (Å²) in [5.74, 6) is 0. The average Bonchev–Trinajstić information content (AvgIpc) is 2.29. The Morgan fingerprint density at radius 1 is 1.19 bits per heavy atom. The molecule has 0 radical (unpaired) electrons. The van der Waals surface area contributed by atoms with Crippen LogP contribution in [0.5, 0.6) is 0 Å². The first-order valence-corrected chi connectivity index (χ1v) is 6.52.